The Kier molecular flexibility index (Phi) is 6.01. The van der Waals surface area contributed by atoms with Crippen molar-refractivity contribution in [3.63, 3.8) is 0 Å². The predicted molar refractivity (Wildman–Crippen MR) is 64.0 cm³/mol. The van der Waals surface area contributed by atoms with Gasteiger partial charge in [0.2, 0.25) is 5.91 Å². The van der Waals surface area contributed by atoms with Crippen LogP contribution in [-0.4, -0.2) is 44.6 Å². The highest BCUT2D eigenvalue weighted by Crippen LogP contribution is 2.22. The van der Waals surface area contributed by atoms with Crippen molar-refractivity contribution < 1.29 is 24.6 Å². The van der Waals surface area contributed by atoms with Gasteiger partial charge >= 0.3 is 11.9 Å². The van der Waals surface area contributed by atoms with Crippen molar-refractivity contribution >= 4 is 29.6 Å². The van der Waals surface area contributed by atoms with Crippen LogP contribution in [0.2, 0.25) is 0 Å². The first-order valence-electron chi connectivity index (χ1n) is 5.00. The van der Waals surface area contributed by atoms with Crippen molar-refractivity contribution in [2.24, 2.45) is 0 Å². The van der Waals surface area contributed by atoms with Crippen LogP contribution in [0.4, 0.5) is 0 Å². The molecule has 7 heteroatoms. The van der Waals surface area contributed by atoms with E-state index in [4.69, 9.17) is 10.2 Å². The number of hydrogen-bond donors (Lipinski definition) is 3. The molecule has 6 nitrogen and oxygen atoms in total. The summed E-state index contributed by atoms with van der Waals surface area (Å²) in [5, 5.41) is 19.4. The molecule has 0 aliphatic rings. The van der Waals surface area contributed by atoms with Gasteiger partial charge in [0.1, 0.15) is 6.04 Å². The highest BCUT2D eigenvalue weighted by molar-refractivity contribution is 8.01. The third-order valence-electron chi connectivity index (χ3n) is 1.65. The van der Waals surface area contributed by atoms with Crippen LogP contribution in [-0.2, 0) is 14.4 Å². The van der Waals surface area contributed by atoms with E-state index in [2.05, 4.69) is 5.32 Å². The van der Waals surface area contributed by atoms with Gasteiger partial charge in [-0.15, -0.1) is 11.8 Å². The van der Waals surface area contributed by atoms with Gasteiger partial charge < -0.3 is 15.5 Å². The van der Waals surface area contributed by atoms with Crippen molar-refractivity contribution in [1.29, 1.82) is 0 Å². The topological polar surface area (TPSA) is 104 Å². The SMILES string of the molecule is CC(C)(C)SCC(=O)N[C@H](CC(=O)O)C(=O)O. The Morgan fingerprint density at radius 3 is 2.12 bits per heavy atom. The minimum Gasteiger partial charge on any atom is -0.481 e. The van der Waals surface area contributed by atoms with E-state index in [0.29, 0.717) is 0 Å². The van der Waals surface area contributed by atoms with Crippen molar-refractivity contribution in [2.75, 3.05) is 5.75 Å². The predicted octanol–water partition coefficient (Wildman–Crippen LogP) is 0.562. The van der Waals surface area contributed by atoms with Gasteiger partial charge in [-0.3, -0.25) is 9.59 Å². The number of hydrogen-bond acceptors (Lipinski definition) is 4. The first-order valence-corrected chi connectivity index (χ1v) is 5.98. The van der Waals surface area contributed by atoms with Crippen molar-refractivity contribution in [3.05, 3.63) is 0 Å². The van der Waals surface area contributed by atoms with Crippen LogP contribution < -0.4 is 5.32 Å². The molecule has 0 aliphatic heterocycles. The number of aliphatic carboxylic acids is 2. The molecule has 0 unspecified atom stereocenters. The molecule has 0 heterocycles. The first-order chi connectivity index (χ1) is 7.61. The third kappa shape index (κ3) is 8.56. The second kappa shape index (κ2) is 6.48. The monoisotopic (exact) mass is 263 g/mol. The Labute approximate surface area is 104 Å². The molecule has 17 heavy (non-hydrogen) atoms. The second-order valence-corrected chi connectivity index (χ2v) is 6.26. The summed E-state index contributed by atoms with van der Waals surface area (Å²) in [6.45, 7) is 5.78. The van der Waals surface area contributed by atoms with Crippen molar-refractivity contribution in [2.45, 2.75) is 38.0 Å². The summed E-state index contributed by atoms with van der Waals surface area (Å²) in [4.78, 5) is 32.5. The number of carbonyl (C=O) groups excluding carboxylic acids is 1. The lowest BCUT2D eigenvalue weighted by atomic mass is 10.2. The summed E-state index contributed by atoms with van der Waals surface area (Å²) in [6, 6.07) is -1.37. The highest BCUT2D eigenvalue weighted by atomic mass is 32.2. The number of carbonyl (C=O) groups is 3. The van der Waals surface area contributed by atoms with E-state index in [1.807, 2.05) is 20.8 Å². The number of thioether (sulfide) groups is 1. The largest absolute Gasteiger partial charge is 0.481 e. The second-order valence-electron chi connectivity index (χ2n) is 4.46. The summed E-state index contributed by atoms with van der Waals surface area (Å²) in [6.07, 6.45) is -0.624. The molecule has 0 rings (SSSR count). The normalized spacial score (nSPS) is 12.9. The molecule has 0 saturated carbocycles. The Bertz CT molecular complexity index is 310. The number of rotatable bonds is 6. The molecule has 0 aromatic rings. The van der Waals surface area contributed by atoms with Gasteiger partial charge in [-0.05, 0) is 0 Å². The van der Waals surface area contributed by atoms with E-state index in [9.17, 15) is 14.4 Å². The standard InChI is InChI=1S/C10H17NO5S/c1-10(2,3)17-5-7(12)11-6(9(15)16)4-8(13)14/h6H,4-5H2,1-3H3,(H,11,12)(H,13,14)(H,15,16)/t6-/m1/s1. The minimum absolute atomic E-state index is 0.104. The molecule has 1 amide bonds. The third-order valence-corrected chi connectivity index (χ3v) is 2.92. The average molecular weight is 263 g/mol. The molecule has 0 aromatic carbocycles. The summed E-state index contributed by atoms with van der Waals surface area (Å²) in [5.74, 6) is -2.98. The lowest BCUT2D eigenvalue weighted by Crippen LogP contribution is -2.43. The number of carboxylic acid groups (broad SMARTS) is 2. The summed E-state index contributed by atoms with van der Waals surface area (Å²) in [5.41, 5.74) is 0. The Morgan fingerprint density at radius 1 is 1.24 bits per heavy atom. The molecule has 0 fully saturated rings. The lowest BCUT2D eigenvalue weighted by Gasteiger charge is -2.18. The zero-order valence-corrected chi connectivity index (χ0v) is 10.8. The molecular weight excluding hydrogens is 246 g/mol. The van der Waals surface area contributed by atoms with Gasteiger partial charge in [0.15, 0.2) is 0 Å². The highest BCUT2D eigenvalue weighted by Gasteiger charge is 2.23. The maximum atomic E-state index is 11.4. The number of carboxylic acids is 2. The van der Waals surface area contributed by atoms with Gasteiger partial charge in [0.25, 0.3) is 0 Å². The quantitative estimate of drug-likeness (QED) is 0.647. The fraction of sp³-hybridized carbons (Fsp3) is 0.700. The van der Waals surface area contributed by atoms with E-state index >= 15 is 0 Å². The van der Waals surface area contributed by atoms with E-state index in [0.717, 1.165) is 0 Å². The van der Waals surface area contributed by atoms with Crippen LogP contribution in [0.25, 0.3) is 0 Å². The van der Waals surface area contributed by atoms with Crippen molar-refractivity contribution in [3.8, 4) is 0 Å². The Balaban J connectivity index is 4.22. The molecule has 0 aliphatic carbocycles. The molecule has 3 N–H and O–H groups in total. The fourth-order valence-electron chi connectivity index (χ4n) is 0.893. The van der Waals surface area contributed by atoms with E-state index in [-0.39, 0.29) is 10.5 Å². The lowest BCUT2D eigenvalue weighted by molar-refractivity contribution is -0.147. The van der Waals surface area contributed by atoms with Gasteiger partial charge in [-0.25, -0.2) is 4.79 Å². The Hall–Kier alpha value is -1.24. The molecule has 98 valence electrons. The van der Waals surface area contributed by atoms with Crippen LogP contribution in [0.5, 0.6) is 0 Å². The molecule has 0 aromatic heterocycles. The van der Waals surface area contributed by atoms with Crippen LogP contribution in [0.3, 0.4) is 0 Å². The molecule has 0 radical (unpaired) electrons. The van der Waals surface area contributed by atoms with E-state index < -0.39 is 30.3 Å². The Morgan fingerprint density at radius 2 is 1.76 bits per heavy atom. The van der Waals surface area contributed by atoms with Crippen LogP contribution in [0, 0.1) is 0 Å². The smallest absolute Gasteiger partial charge is 0.326 e. The summed E-state index contributed by atoms with van der Waals surface area (Å²) in [7, 11) is 0. The van der Waals surface area contributed by atoms with E-state index in [1.165, 1.54) is 11.8 Å². The van der Waals surface area contributed by atoms with Gasteiger partial charge in [-0.1, -0.05) is 20.8 Å². The first kappa shape index (κ1) is 15.8. The van der Waals surface area contributed by atoms with E-state index in [1.54, 1.807) is 0 Å². The zero-order chi connectivity index (χ0) is 13.6. The van der Waals surface area contributed by atoms with Crippen LogP contribution >= 0.6 is 11.8 Å². The molecule has 0 saturated heterocycles. The summed E-state index contributed by atoms with van der Waals surface area (Å²) < 4.78 is -0.108. The number of nitrogens with one attached hydrogen (secondary N) is 1. The molecule has 0 spiro atoms. The van der Waals surface area contributed by atoms with Gasteiger partial charge in [0.05, 0.1) is 12.2 Å². The van der Waals surface area contributed by atoms with Crippen LogP contribution in [0.15, 0.2) is 0 Å². The minimum atomic E-state index is -1.37. The van der Waals surface area contributed by atoms with Gasteiger partial charge in [0, 0.05) is 4.75 Å². The zero-order valence-electron chi connectivity index (χ0n) is 10.0. The average Bonchev–Trinajstić information content (AvgIpc) is 2.11. The fourth-order valence-corrected chi connectivity index (χ4v) is 1.54. The van der Waals surface area contributed by atoms with Crippen LogP contribution in [0.1, 0.15) is 27.2 Å². The molecular formula is C10H17NO5S. The molecule has 0 bridgehead atoms. The maximum Gasteiger partial charge on any atom is 0.326 e. The number of amides is 1. The molecule has 1 atom stereocenters. The maximum absolute atomic E-state index is 11.4. The van der Waals surface area contributed by atoms with Gasteiger partial charge in [-0.2, -0.15) is 0 Å². The summed E-state index contributed by atoms with van der Waals surface area (Å²) >= 11 is 1.36. The van der Waals surface area contributed by atoms with Crippen molar-refractivity contribution in [1.82, 2.24) is 5.32 Å².